The lowest BCUT2D eigenvalue weighted by molar-refractivity contribution is -0.0504. The first-order valence-electron chi connectivity index (χ1n) is 8.00. The highest BCUT2D eigenvalue weighted by molar-refractivity contribution is 5.86. The van der Waals surface area contributed by atoms with Crippen molar-refractivity contribution in [1.82, 2.24) is 9.97 Å². The molecule has 3 N–H and O–H groups in total. The number of aromatic nitrogens is 2. The summed E-state index contributed by atoms with van der Waals surface area (Å²) in [5.41, 5.74) is 8.52. The van der Waals surface area contributed by atoms with E-state index in [0.717, 1.165) is 11.1 Å². The number of nitrogens with two attached hydrogens (primary N) is 1. The molecule has 0 fully saturated rings. The highest BCUT2D eigenvalue weighted by Gasteiger charge is 2.11. The van der Waals surface area contributed by atoms with Gasteiger partial charge in [0.05, 0.1) is 0 Å². The van der Waals surface area contributed by atoms with Crippen molar-refractivity contribution in [3.05, 3.63) is 66.0 Å². The van der Waals surface area contributed by atoms with Crippen molar-refractivity contribution >= 4 is 17.9 Å². The van der Waals surface area contributed by atoms with Gasteiger partial charge in [0.2, 0.25) is 5.95 Å². The SMILES string of the molecule is Nc1ncc(-c2ccc(C=O)c(NCc3ccccc3OC(F)F)c2)cn1. The molecule has 6 nitrogen and oxygen atoms in total. The number of nitrogens with zero attached hydrogens (tertiary/aromatic N) is 2. The topological polar surface area (TPSA) is 90.1 Å². The summed E-state index contributed by atoms with van der Waals surface area (Å²) in [6, 6.07) is 11.6. The van der Waals surface area contributed by atoms with Crippen LogP contribution in [0.3, 0.4) is 0 Å². The number of para-hydroxylation sites is 1. The summed E-state index contributed by atoms with van der Waals surface area (Å²) in [5.74, 6) is 0.244. The van der Waals surface area contributed by atoms with Crippen LogP contribution in [-0.4, -0.2) is 22.9 Å². The lowest BCUT2D eigenvalue weighted by Gasteiger charge is -2.14. The molecular formula is C19H16F2N4O2. The third-order valence-electron chi connectivity index (χ3n) is 3.84. The summed E-state index contributed by atoms with van der Waals surface area (Å²) in [4.78, 5) is 19.2. The average molecular weight is 370 g/mol. The van der Waals surface area contributed by atoms with Crippen LogP contribution in [0.25, 0.3) is 11.1 Å². The maximum atomic E-state index is 12.5. The molecule has 0 saturated heterocycles. The molecule has 2 aromatic carbocycles. The predicted molar refractivity (Wildman–Crippen MR) is 97.7 cm³/mol. The normalized spacial score (nSPS) is 10.6. The summed E-state index contributed by atoms with van der Waals surface area (Å²) in [7, 11) is 0. The number of nitrogen functional groups attached to an aromatic ring is 1. The van der Waals surface area contributed by atoms with Gasteiger partial charge in [-0.1, -0.05) is 24.3 Å². The first kappa shape index (κ1) is 18.2. The molecule has 1 aromatic heterocycles. The number of carbonyl (C=O) groups excluding carboxylic acids is 1. The summed E-state index contributed by atoms with van der Waals surface area (Å²) < 4.78 is 29.6. The Morgan fingerprint density at radius 2 is 1.85 bits per heavy atom. The van der Waals surface area contributed by atoms with Crippen LogP contribution < -0.4 is 15.8 Å². The molecular weight excluding hydrogens is 354 g/mol. The molecule has 0 radical (unpaired) electrons. The third kappa shape index (κ3) is 4.55. The Bertz CT molecular complexity index is 933. The molecule has 0 aliphatic rings. The Kier molecular flexibility index (Phi) is 5.55. The monoisotopic (exact) mass is 370 g/mol. The van der Waals surface area contributed by atoms with Crippen LogP contribution in [-0.2, 0) is 6.54 Å². The minimum Gasteiger partial charge on any atom is -0.434 e. The van der Waals surface area contributed by atoms with Gasteiger partial charge in [0, 0.05) is 41.3 Å². The van der Waals surface area contributed by atoms with Crippen LogP contribution in [0.1, 0.15) is 15.9 Å². The minimum atomic E-state index is -2.91. The summed E-state index contributed by atoms with van der Waals surface area (Å²) in [5, 5.41) is 3.09. The molecule has 138 valence electrons. The minimum absolute atomic E-state index is 0.0794. The highest BCUT2D eigenvalue weighted by Crippen LogP contribution is 2.26. The van der Waals surface area contributed by atoms with Crippen LogP contribution in [0, 0.1) is 0 Å². The largest absolute Gasteiger partial charge is 0.434 e. The van der Waals surface area contributed by atoms with E-state index in [1.54, 1.807) is 48.8 Å². The second-order valence-electron chi connectivity index (χ2n) is 5.59. The fourth-order valence-electron chi connectivity index (χ4n) is 2.53. The smallest absolute Gasteiger partial charge is 0.387 e. The van der Waals surface area contributed by atoms with Crippen molar-refractivity contribution in [2.45, 2.75) is 13.2 Å². The van der Waals surface area contributed by atoms with E-state index in [1.165, 1.54) is 6.07 Å². The summed E-state index contributed by atoms with van der Waals surface area (Å²) in [6.45, 7) is -2.71. The molecule has 3 rings (SSSR count). The van der Waals surface area contributed by atoms with Crippen LogP contribution >= 0.6 is 0 Å². The molecule has 0 unspecified atom stereocenters. The van der Waals surface area contributed by atoms with Crippen LogP contribution in [0.15, 0.2) is 54.9 Å². The van der Waals surface area contributed by atoms with Crippen molar-refractivity contribution in [2.24, 2.45) is 0 Å². The van der Waals surface area contributed by atoms with Gasteiger partial charge in [-0.3, -0.25) is 4.79 Å². The lowest BCUT2D eigenvalue weighted by Crippen LogP contribution is -2.08. The number of aldehydes is 1. The van der Waals surface area contributed by atoms with Crippen LogP contribution in [0.2, 0.25) is 0 Å². The Morgan fingerprint density at radius 1 is 1.11 bits per heavy atom. The first-order chi connectivity index (χ1) is 13.1. The number of rotatable bonds is 7. The van der Waals surface area contributed by atoms with Gasteiger partial charge in [-0.2, -0.15) is 8.78 Å². The van der Waals surface area contributed by atoms with E-state index in [1.807, 2.05) is 0 Å². The van der Waals surface area contributed by atoms with Gasteiger partial charge in [0.1, 0.15) is 5.75 Å². The fourth-order valence-corrected chi connectivity index (χ4v) is 2.53. The van der Waals surface area contributed by atoms with Gasteiger partial charge in [0.15, 0.2) is 6.29 Å². The van der Waals surface area contributed by atoms with Gasteiger partial charge in [-0.25, -0.2) is 9.97 Å². The van der Waals surface area contributed by atoms with Crippen molar-refractivity contribution < 1.29 is 18.3 Å². The third-order valence-corrected chi connectivity index (χ3v) is 3.84. The van der Waals surface area contributed by atoms with E-state index in [-0.39, 0.29) is 18.2 Å². The number of hydrogen-bond donors (Lipinski definition) is 2. The number of anilines is 2. The van der Waals surface area contributed by atoms with Gasteiger partial charge in [-0.05, 0) is 23.8 Å². The maximum absolute atomic E-state index is 12.5. The number of halogens is 2. The molecule has 0 atom stereocenters. The van der Waals surface area contributed by atoms with E-state index in [4.69, 9.17) is 5.73 Å². The Labute approximate surface area is 154 Å². The molecule has 0 spiro atoms. The van der Waals surface area contributed by atoms with Gasteiger partial charge < -0.3 is 15.8 Å². The fraction of sp³-hybridized carbons (Fsp3) is 0.105. The lowest BCUT2D eigenvalue weighted by atomic mass is 10.0. The van der Waals surface area contributed by atoms with Crippen molar-refractivity contribution in [3.8, 4) is 16.9 Å². The zero-order valence-corrected chi connectivity index (χ0v) is 14.1. The number of alkyl halides is 2. The van der Waals surface area contributed by atoms with E-state index in [2.05, 4.69) is 20.0 Å². The van der Waals surface area contributed by atoms with Crippen molar-refractivity contribution in [2.75, 3.05) is 11.1 Å². The number of carbonyl (C=O) groups is 1. The Hall–Kier alpha value is -3.55. The van der Waals surface area contributed by atoms with Crippen LogP contribution in [0.5, 0.6) is 5.75 Å². The van der Waals surface area contributed by atoms with Crippen LogP contribution in [0.4, 0.5) is 20.4 Å². The van der Waals surface area contributed by atoms with Gasteiger partial charge in [0.25, 0.3) is 0 Å². The number of nitrogens with one attached hydrogen (secondary N) is 1. The predicted octanol–water partition coefficient (Wildman–Crippen LogP) is 3.75. The Morgan fingerprint density at radius 3 is 2.56 bits per heavy atom. The van der Waals surface area contributed by atoms with E-state index in [0.29, 0.717) is 23.1 Å². The molecule has 27 heavy (non-hydrogen) atoms. The van der Waals surface area contributed by atoms with E-state index in [9.17, 15) is 13.6 Å². The van der Waals surface area contributed by atoms with E-state index < -0.39 is 6.61 Å². The number of benzene rings is 2. The standard InChI is InChI=1S/C19H16F2N4O2/c20-18(21)27-17-4-2-1-3-13(17)8-23-16-7-12(5-6-14(16)11-26)15-9-24-19(22)25-10-15/h1-7,9-11,18,23H,8H2,(H2,22,24,25). The second kappa shape index (κ2) is 8.22. The highest BCUT2D eigenvalue weighted by atomic mass is 19.3. The zero-order chi connectivity index (χ0) is 19.2. The molecule has 0 saturated carbocycles. The molecule has 0 amide bonds. The quantitative estimate of drug-likeness (QED) is 0.616. The molecule has 3 aromatic rings. The maximum Gasteiger partial charge on any atom is 0.387 e. The molecule has 0 aliphatic heterocycles. The molecule has 0 bridgehead atoms. The molecule has 0 aliphatic carbocycles. The van der Waals surface area contributed by atoms with E-state index >= 15 is 0 Å². The van der Waals surface area contributed by atoms with Crippen molar-refractivity contribution in [1.29, 1.82) is 0 Å². The number of hydrogen-bond acceptors (Lipinski definition) is 6. The zero-order valence-electron chi connectivity index (χ0n) is 14.1. The van der Waals surface area contributed by atoms with Crippen molar-refractivity contribution in [3.63, 3.8) is 0 Å². The Balaban J connectivity index is 1.85. The molecule has 1 heterocycles. The van der Waals surface area contributed by atoms with Gasteiger partial charge in [-0.15, -0.1) is 0 Å². The number of ether oxygens (including phenoxy) is 1. The van der Waals surface area contributed by atoms with Gasteiger partial charge >= 0.3 is 6.61 Å². The average Bonchev–Trinajstić information content (AvgIpc) is 2.67. The first-order valence-corrected chi connectivity index (χ1v) is 8.00. The summed E-state index contributed by atoms with van der Waals surface area (Å²) >= 11 is 0. The second-order valence-corrected chi connectivity index (χ2v) is 5.59. The summed E-state index contributed by atoms with van der Waals surface area (Å²) in [6.07, 6.45) is 3.87. The molecule has 8 heteroatoms.